The second-order valence-corrected chi connectivity index (χ2v) is 6.96. The maximum absolute atomic E-state index is 12.4. The van der Waals surface area contributed by atoms with Gasteiger partial charge in [0, 0.05) is 18.3 Å². The molecule has 29 heavy (non-hydrogen) atoms. The van der Waals surface area contributed by atoms with Crippen molar-refractivity contribution < 1.29 is 4.79 Å². The van der Waals surface area contributed by atoms with Gasteiger partial charge in [-0.15, -0.1) is 5.10 Å². The molecule has 6 heteroatoms. The van der Waals surface area contributed by atoms with Crippen LogP contribution in [-0.4, -0.2) is 20.1 Å². The number of fused-ring (bicyclic) bond motifs is 1. The number of pyridine rings is 1. The van der Waals surface area contributed by atoms with Crippen LogP contribution in [0.1, 0.15) is 24.0 Å². The van der Waals surface area contributed by atoms with Crippen LogP contribution in [0.3, 0.4) is 0 Å². The van der Waals surface area contributed by atoms with Crippen molar-refractivity contribution in [2.75, 3.05) is 5.32 Å². The van der Waals surface area contributed by atoms with E-state index in [2.05, 4.69) is 22.5 Å². The van der Waals surface area contributed by atoms with Crippen LogP contribution in [0.4, 0.5) is 5.69 Å². The number of aromatic nitrogens is 3. The highest BCUT2D eigenvalue weighted by molar-refractivity contribution is 5.90. The molecule has 4 aromatic rings. The minimum absolute atomic E-state index is 0.0111. The fourth-order valence-electron chi connectivity index (χ4n) is 3.31. The van der Waals surface area contributed by atoms with Crippen LogP contribution in [0.2, 0.25) is 0 Å². The molecule has 146 valence electrons. The first-order chi connectivity index (χ1) is 14.2. The quantitative estimate of drug-likeness (QED) is 0.529. The molecular weight excluding hydrogens is 364 g/mol. The Morgan fingerprint density at radius 2 is 1.72 bits per heavy atom. The van der Waals surface area contributed by atoms with Crippen molar-refractivity contribution in [2.24, 2.45) is 0 Å². The molecule has 0 atom stereocenters. The van der Waals surface area contributed by atoms with E-state index in [-0.39, 0.29) is 11.6 Å². The maximum atomic E-state index is 12.4. The largest absolute Gasteiger partial charge is 0.350 e. The van der Waals surface area contributed by atoms with Crippen molar-refractivity contribution >= 4 is 17.2 Å². The number of amides is 1. The van der Waals surface area contributed by atoms with Gasteiger partial charge in [-0.25, -0.2) is 9.48 Å². The molecule has 2 aromatic heterocycles. The van der Waals surface area contributed by atoms with E-state index < -0.39 is 0 Å². The van der Waals surface area contributed by atoms with Gasteiger partial charge in [0.15, 0.2) is 5.65 Å². The van der Waals surface area contributed by atoms with E-state index in [4.69, 9.17) is 0 Å². The predicted octanol–water partition coefficient (Wildman–Crippen LogP) is 3.51. The first-order valence-corrected chi connectivity index (χ1v) is 9.66. The normalized spacial score (nSPS) is 10.9. The molecule has 6 nitrogen and oxygen atoms in total. The summed E-state index contributed by atoms with van der Waals surface area (Å²) in [5, 5.41) is 7.29. The maximum Gasteiger partial charge on any atom is 0.350 e. The van der Waals surface area contributed by atoms with Crippen LogP contribution < -0.4 is 11.0 Å². The van der Waals surface area contributed by atoms with Gasteiger partial charge in [0.1, 0.15) is 0 Å². The summed E-state index contributed by atoms with van der Waals surface area (Å²) >= 11 is 0. The SMILES string of the molecule is O=C(CCCc1ccccc1)Nc1cccc(Cn2nc3ccccn3c2=O)c1. The standard InChI is InChI=1S/C23H22N4O2/c28-22(14-7-10-18-8-2-1-3-9-18)24-20-12-6-11-19(16-20)17-27-23(29)26-15-5-4-13-21(26)25-27/h1-6,8-9,11-13,15-16H,7,10,14,17H2,(H,24,28). The Morgan fingerprint density at radius 1 is 0.931 bits per heavy atom. The number of carbonyl (C=O) groups excluding carboxylic acids is 1. The van der Waals surface area contributed by atoms with Gasteiger partial charge in [-0.1, -0.05) is 48.5 Å². The number of hydrogen-bond donors (Lipinski definition) is 1. The summed E-state index contributed by atoms with van der Waals surface area (Å²) in [5.74, 6) is -0.0111. The van der Waals surface area contributed by atoms with Crippen LogP contribution in [0.15, 0.2) is 83.8 Å². The molecule has 0 aliphatic heterocycles. The Morgan fingerprint density at radius 3 is 2.55 bits per heavy atom. The van der Waals surface area contributed by atoms with E-state index in [1.807, 2.05) is 48.5 Å². The van der Waals surface area contributed by atoms with Crippen molar-refractivity contribution in [1.29, 1.82) is 0 Å². The number of benzene rings is 2. The highest BCUT2D eigenvalue weighted by Gasteiger charge is 2.08. The molecule has 0 fully saturated rings. The van der Waals surface area contributed by atoms with E-state index in [1.54, 1.807) is 18.3 Å². The van der Waals surface area contributed by atoms with Gasteiger partial charge in [-0.2, -0.15) is 0 Å². The highest BCUT2D eigenvalue weighted by Crippen LogP contribution is 2.13. The monoisotopic (exact) mass is 386 g/mol. The van der Waals surface area contributed by atoms with Gasteiger partial charge in [-0.05, 0) is 48.2 Å². The molecule has 0 aliphatic carbocycles. The lowest BCUT2D eigenvalue weighted by Gasteiger charge is -2.08. The molecule has 2 aromatic carbocycles. The van der Waals surface area contributed by atoms with Gasteiger partial charge in [-0.3, -0.25) is 9.20 Å². The Hall–Kier alpha value is -3.67. The molecule has 0 unspecified atom stereocenters. The number of carbonyl (C=O) groups is 1. The average Bonchev–Trinajstić information content (AvgIpc) is 3.05. The topological polar surface area (TPSA) is 68.4 Å². The molecule has 4 rings (SSSR count). The first-order valence-electron chi connectivity index (χ1n) is 9.66. The summed E-state index contributed by atoms with van der Waals surface area (Å²) in [6.45, 7) is 0.345. The molecule has 0 spiro atoms. The predicted molar refractivity (Wildman–Crippen MR) is 113 cm³/mol. The van der Waals surface area contributed by atoms with Crippen LogP contribution in [0.5, 0.6) is 0 Å². The summed E-state index contributed by atoms with van der Waals surface area (Å²) in [6, 6.07) is 23.1. The number of nitrogens with zero attached hydrogens (tertiary/aromatic N) is 3. The van der Waals surface area contributed by atoms with E-state index in [0.717, 1.165) is 24.1 Å². The third-order valence-corrected chi connectivity index (χ3v) is 4.74. The summed E-state index contributed by atoms with van der Waals surface area (Å²) in [5.41, 5.74) is 3.29. The smallest absolute Gasteiger partial charge is 0.326 e. The molecule has 1 amide bonds. The average molecular weight is 386 g/mol. The van der Waals surface area contributed by atoms with Gasteiger partial charge in [0.2, 0.25) is 5.91 Å². The number of anilines is 1. The number of aryl methyl sites for hydroxylation is 1. The second kappa shape index (κ2) is 8.56. The van der Waals surface area contributed by atoms with Gasteiger partial charge >= 0.3 is 5.69 Å². The first kappa shape index (κ1) is 18.7. The molecule has 2 heterocycles. The van der Waals surface area contributed by atoms with Gasteiger partial charge in [0.05, 0.1) is 6.54 Å². The Kier molecular flexibility index (Phi) is 5.52. The van der Waals surface area contributed by atoms with E-state index >= 15 is 0 Å². The van der Waals surface area contributed by atoms with Crippen LogP contribution in [-0.2, 0) is 17.8 Å². The molecule has 0 radical (unpaired) electrons. The Labute approximate surface area is 168 Å². The van der Waals surface area contributed by atoms with Crippen molar-refractivity contribution in [3.8, 4) is 0 Å². The van der Waals surface area contributed by atoms with Crippen molar-refractivity contribution in [3.05, 3.63) is 101 Å². The number of rotatable bonds is 7. The molecular formula is C23H22N4O2. The van der Waals surface area contributed by atoms with Gasteiger partial charge < -0.3 is 5.32 Å². The third kappa shape index (κ3) is 4.60. The van der Waals surface area contributed by atoms with Gasteiger partial charge in [0.25, 0.3) is 0 Å². The molecule has 0 aliphatic rings. The fourth-order valence-corrected chi connectivity index (χ4v) is 3.31. The minimum atomic E-state index is -0.184. The van der Waals surface area contributed by atoms with Crippen LogP contribution in [0, 0.1) is 0 Å². The van der Waals surface area contributed by atoms with E-state index in [1.165, 1.54) is 14.6 Å². The minimum Gasteiger partial charge on any atom is -0.326 e. The van der Waals surface area contributed by atoms with Crippen LogP contribution in [0.25, 0.3) is 5.65 Å². The van der Waals surface area contributed by atoms with E-state index in [0.29, 0.717) is 18.6 Å². The lowest BCUT2D eigenvalue weighted by atomic mass is 10.1. The Bertz CT molecular complexity index is 1180. The lowest BCUT2D eigenvalue weighted by molar-refractivity contribution is -0.116. The van der Waals surface area contributed by atoms with Crippen molar-refractivity contribution in [3.63, 3.8) is 0 Å². The molecule has 0 bridgehead atoms. The van der Waals surface area contributed by atoms with E-state index in [9.17, 15) is 9.59 Å². The summed E-state index contributed by atoms with van der Waals surface area (Å²) in [6.07, 6.45) is 3.84. The van der Waals surface area contributed by atoms with Crippen LogP contribution >= 0.6 is 0 Å². The molecule has 1 N–H and O–H groups in total. The summed E-state index contributed by atoms with van der Waals surface area (Å²) < 4.78 is 2.94. The molecule has 0 saturated carbocycles. The highest BCUT2D eigenvalue weighted by atomic mass is 16.2. The fraction of sp³-hybridized carbons (Fsp3) is 0.174. The third-order valence-electron chi connectivity index (χ3n) is 4.74. The van der Waals surface area contributed by atoms with Crippen molar-refractivity contribution in [1.82, 2.24) is 14.2 Å². The number of nitrogens with one attached hydrogen (secondary N) is 1. The summed E-state index contributed by atoms with van der Waals surface area (Å²) in [7, 11) is 0. The molecule has 0 saturated heterocycles. The zero-order valence-corrected chi connectivity index (χ0v) is 16.0. The zero-order valence-electron chi connectivity index (χ0n) is 16.0. The Balaban J connectivity index is 1.37. The number of hydrogen-bond acceptors (Lipinski definition) is 3. The van der Waals surface area contributed by atoms with Crippen molar-refractivity contribution in [2.45, 2.75) is 25.8 Å². The lowest BCUT2D eigenvalue weighted by Crippen LogP contribution is -2.21. The zero-order chi connectivity index (χ0) is 20.1. The summed E-state index contributed by atoms with van der Waals surface area (Å²) in [4.78, 5) is 24.7. The second-order valence-electron chi connectivity index (χ2n) is 6.96.